The highest BCUT2D eigenvalue weighted by Crippen LogP contribution is 2.38. The fourth-order valence-corrected chi connectivity index (χ4v) is 3.41. The molecule has 3 heteroatoms. The number of methoxy groups -OCH3 is 1. The molecule has 0 radical (unpaired) electrons. The minimum atomic E-state index is 0.186. The van der Waals surface area contributed by atoms with E-state index in [-0.39, 0.29) is 6.04 Å². The molecule has 0 amide bonds. The first-order valence-electron chi connectivity index (χ1n) is 7.32. The van der Waals surface area contributed by atoms with Crippen molar-refractivity contribution in [1.29, 1.82) is 0 Å². The zero-order valence-corrected chi connectivity index (χ0v) is 13.2. The van der Waals surface area contributed by atoms with Crippen LogP contribution in [0.4, 0.5) is 0 Å². The third kappa shape index (κ3) is 2.78. The van der Waals surface area contributed by atoms with E-state index in [1.54, 1.807) is 7.11 Å². The molecule has 0 aromatic heterocycles. The molecular formula is C18H20ClNO. The van der Waals surface area contributed by atoms with Crippen LogP contribution in [0.2, 0.25) is 5.02 Å². The van der Waals surface area contributed by atoms with Crippen molar-refractivity contribution in [2.24, 2.45) is 0 Å². The summed E-state index contributed by atoms with van der Waals surface area (Å²) in [6, 6.07) is 14.7. The zero-order valence-electron chi connectivity index (χ0n) is 12.5. The molecule has 0 spiro atoms. The van der Waals surface area contributed by atoms with Gasteiger partial charge in [0.05, 0.1) is 13.2 Å². The highest BCUT2D eigenvalue weighted by atomic mass is 35.5. The SMILES string of the molecule is COc1ccc2c(c1)C(c1ccccc1Cl)N(C)CCC2. The topological polar surface area (TPSA) is 12.5 Å². The molecule has 1 aliphatic heterocycles. The van der Waals surface area contributed by atoms with Gasteiger partial charge in [-0.15, -0.1) is 0 Å². The Kier molecular flexibility index (Phi) is 4.18. The molecule has 3 rings (SSSR count). The van der Waals surface area contributed by atoms with Crippen molar-refractivity contribution in [1.82, 2.24) is 4.90 Å². The summed E-state index contributed by atoms with van der Waals surface area (Å²) in [4.78, 5) is 2.38. The van der Waals surface area contributed by atoms with Crippen LogP contribution in [-0.2, 0) is 6.42 Å². The number of aryl methyl sites for hydroxylation is 1. The summed E-state index contributed by atoms with van der Waals surface area (Å²) in [5.41, 5.74) is 3.87. The molecule has 2 nitrogen and oxygen atoms in total. The molecule has 2 aromatic carbocycles. The maximum atomic E-state index is 6.46. The van der Waals surface area contributed by atoms with Crippen molar-refractivity contribution in [3.63, 3.8) is 0 Å². The van der Waals surface area contributed by atoms with E-state index < -0.39 is 0 Å². The van der Waals surface area contributed by atoms with Crippen molar-refractivity contribution >= 4 is 11.6 Å². The van der Waals surface area contributed by atoms with E-state index in [9.17, 15) is 0 Å². The monoisotopic (exact) mass is 301 g/mol. The number of hydrogen-bond donors (Lipinski definition) is 0. The van der Waals surface area contributed by atoms with Gasteiger partial charge < -0.3 is 4.74 Å². The molecule has 2 aromatic rings. The van der Waals surface area contributed by atoms with Crippen LogP contribution in [0.15, 0.2) is 42.5 Å². The summed E-state index contributed by atoms with van der Waals surface area (Å²) in [6.45, 7) is 1.06. The van der Waals surface area contributed by atoms with Crippen LogP contribution in [0.5, 0.6) is 5.75 Å². The quantitative estimate of drug-likeness (QED) is 0.819. The van der Waals surface area contributed by atoms with Gasteiger partial charge in [-0.05, 0) is 61.3 Å². The van der Waals surface area contributed by atoms with Gasteiger partial charge in [-0.25, -0.2) is 0 Å². The van der Waals surface area contributed by atoms with Gasteiger partial charge in [0.25, 0.3) is 0 Å². The summed E-state index contributed by atoms with van der Waals surface area (Å²) in [6.07, 6.45) is 2.27. The predicted molar refractivity (Wildman–Crippen MR) is 87.2 cm³/mol. The lowest BCUT2D eigenvalue weighted by Gasteiger charge is -2.28. The summed E-state index contributed by atoms with van der Waals surface area (Å²) < 4.78 is 5.42. The van der Waals surface area contributed by atoms with Crippen molar-refractivity contribution in [3.05, 3.63) is 64.2 Å². The van der Waals surface area contributed by atoms with Gasteiger partial charge in [-0.2, -0.15) is 0 Å². The lowest BCUT2D eigenvalue weighted by Crippen LogP contribution is -2.25. The van der Waals surface area contributed by atoms with Crippen LogP contribution in [-0.4, -0.2) is 25.6 Å². The third-order valence-electron chi connectivity index (χ3n) is 4.25. The maximum Gasteiger partial charge on any atom is 0.119 e. The Morgan fingerprint density at radius 2 is 1.95 bits per heavy atom. The summed E-state index contributed by atoms with van der Waals surface area (Å²) in [7, 11) is 3.88. The first-order chi connectivity index (χ1) is 10.2. The van der Waals surface area contributed by atoms with E-state index in [1.165, 1.54) is 11.1 Å². The molecule has 0 saturated heterocycles. The molecule has 1 unspecified atom stereocenters. The average Bonchev–Trinajstić information content (AvgIpc) is 2.66. The van der Waals surface area contributed by atoms with E-state index >= 15 is 0 Å². The van der Waals surface area contributed by atoms with Crippen molar-refractivity contribution < 1.29 is 4.74 Å². The lowest BCUT2D eigenvalue weighted by atomic mass is 9.93. The van der Waals surface area contributed by atoms with Crippen LogP contribution in [0.3, 0.4) is 0 Å². The lowest BCUT2D eigenvalue weighted by molar-refractivity contribution is 0.284. The van der Waals surface area contributed by atoms with E-state index in [1.807, 2.05) is 18.2 Å². The molecule has 1 aliphatic rings. The zero-order chi connectivity index (χ0) is 14.8. The molecule has 21 heavy (non-hydrogen) atoms. The summed E-state index contributed by atoms with van der Waals surface area (Å²) >= 11 is 6.46. The number of nitrogens with zero attached hydrogens (tertiary/aromatic N) is 1. The number of rotatable bonds is 2. The van der Waals surface area contributed by atoms with Gasteiger partial charge in [-0.1, -0.05) is 35.9 Å². The van der Waals surface area contributed by atoms with Gasteiger partial charge in [0, 0.05) is 5.02 Å². The Hall–Kier alpha value is -1.51. The van der Waals surface area contributed by atoms with Crippen molar-refractivity contribution in [2.75, 3.05) is 20.7 Å². The van der Waals surface area contributed by atoms with Crippen LogP contribution >= 0.6 is 11.6 Å². The standard InChI is InChI=1S/C18H20ClNO/c1-20-11-5-6-13-9-10-14(21-2)12-16(13)18(20)15-7-3-4-8-17(15)19/h3-4,7-10,12,18H,5-6,11H2,1-2H3. The molecule has 0 saturated carbocycles. The fourth-order valence-electron chi connectivity index (χ4n) is 3.17. The largest absolute Gasteiger partial charge is 0.497 e. The second-order valence-electron chi connectivity index (χ2n) is 5.57. The second-order valence-corrected chi connectivity index (χ2v) is 5.98. The molecule has 0 fully saturated rings. The molecular weight excluding hydrogens is 282 g/mol. The van der Waals surface area contributed by atoms with E-state index in [2.05, 4.69) is 36.2 Å². The van der Waals surface area contributed by atoms with E-state index in [0.717, 1.165) is 35.7 Å². The third-order valence-corrected chi connectivity index (χ3v) is 4.59. The average molecular weight is 302 g/mol. The number of benzene rings is 2. The Labute approximate surface area is 131 Å². The number of halogens is 1. The molecule has 0 N–H and O–H groups in total. The highest BCUT2D eigenvalue weighted by Gasteiger charge is 2.26. The smallest absolute Gasteiger partial charge is 0.119 e. The number of ether oxygens (including phenoxy) is 1. The van der Waals surface area contributed by atoms with Crippen molar-refractivity contribution in [3.8, 4) is 5.75 Å². The molecule has 1 heterocycles. The van der Waals surface area contributed by atoms with Crippen molar-refractivity contribution in [2.45, 2.75) is 18.9 Å². The van der Waals surface area contributed by atoms with Gasteiger partial charge in [0.1, 0.15) is 5.75 Å². The minimum Gasteiger partial charge on any atom is -0.497 e. The predicted octanol–water partition coefficient (Wildman–Crippen LogP) is 4.32. The Morgan fingerprint density at radius 3 is 2.71 bits per heavy atom. The first-order valence-corrected chi connectivity index (χ1v) is 7.70. The van der Waals surface area contributed by atoms with Crippen LogP contribution in [0.1, 0.15) is 29.2 Å². The fraction of sp³-hybridized carbons (Fsp3) is 0.333. The normalized spacial score (nSPS) is 18.9. The van der Waals surface area contributed by atoms with Crippen LogP contribution < -0.4 is 4.74 Å². The molecule has 0 aliphatic carbocycles. The maximum absolute atomic E-state index is 6.46. The summed E-state index contributed by atoms with van der Waals surface area (Å²) in [5, 5.41) is 0.824. The molecule has 0 bridgehead atoms. The van der Waals surface area contributed by atoms with Gasteiger partial charge in [0.2, 0.25) is 0 Å². The highest BCUT2D eigenvalue weighted by molar-refractivity contribution is 6.31. The number of hydrogen-bond acceptors (Lipinski definition) is 2. The van der Waals surface area contributed by atoms with Crippen LogP contribution in [0.25, 0.3) is 0 Å². The summed E-state index contributed by atoms with van der Waals surface area (Å²) in [5.74, 6) is 0.904. The molecule has 1 atom stereocenters. The van der Waals surface area contributed by atoms with E-state index in [0.29, 0.717) is 0 Å². The minimum absolute atomic E-state index is 0.186. The Bertz CT molecular complexity index is 641. The van der Waals surface area contributed by atoms with Gasteiger partial charge in [-0.3, -0.25) is 4.90 Å². The van der Waals surface area contributed by atoms with E-state index in [4.69, 9.17) is 16.3 Å². The van der Waals surface area contributed by atoms with Gasteiger partial charge >= 0.3 is 0 Å². The molecule has 110 valence electrons. The van der Waals surface area contributed by atoms with Gasteiger partial charge in [0.15, 0.2) is 0 Å². The Morgan fingerprint density at radius 1 is 1.14 bits per heavy atom. The second kappa shape index (κ2) is 6.08. The number of fused-ring (bicyclic) bond motifs is 1. The van der Waals surface area contributed by atoms with Crippen LogP contribution in [0, 0.1) is 0 Å². The first kappa shape index (κ1) is 14.4. The Balaban J connectivity index is 2.16.